The molecule has 0 fully saturated rings. The standard InChI is InChI=1S/C22H19F6N5O6S/c1-10-4-5-11(8-16(10)33-9-15(20(35)36)30-32-33)19(34)29-13-6-12(18(21(23,24)25)22(26,27)28)7-14(17(13)39-2)31-40(3,37)38/h4-9,18,31H,1-3H3,(H,29,34)(H,35,36). The number of rotatable bonds is 8. The van der Waals surface area contributed by atoms with Crippen molar-refractivity contribution in [1.82, 2.24) is 15.0 Å². The SMILES string of the molecule is COc1c(NC(=O)c2ccc(C)c(-n3cc(C(=O)O)nn3)c2)cc(C(C(F)(F)F)C(F)(F)F)cc1NS(C)(=O)=O. The lowest BCUT2D eigenvalue weighted by Crippen LogP contribution is -2.34. The summed E-state index contributed by atoms with van der Waals surface area (Å²) >= 11 is 0. The molecule has 0 radical (unpaired) electrons. The molecule has 3 aromatic rings. The Bertz CT molecular complexity index is 1560. The highest BCUT2D eigenvalue weighted by atomic mass is 32.2. The van der Waals surface area contributed by atoms with E-state index in [1.807, 2.05) is 0 Å². The van der Waals surface area contributed by atoms with Crippen LogP contribution in [0.1, 0.15) is 37.9 Å². The Balaban J connectivity index is 2.14. The molecule has 0 aliphatic carbocycles. The van der Waals surface area contributed by atoms with Gasteiger partial charge in [-0.3, -0.25) is 9.52 Å². The first-order valence-corrected chi connectivity index (χ1v) is 12.6. The molecule has 0 bridgehead atoms. The minimum atomic E-state index is -5.82. The Morgan fingerprint density at radius 1 is 1.05 bits per heavy atom. The molecule has 11 nitrogen and oxygen atoms in total. The van der Waals surface area contributed by atoms with E-state index in [9.17, 15) is 44.3 Å². The number of methoxy groups -OCH3 is 1. The van der Waals surface area contributed by atoms with Gasteiger partial charge >= 0.3 is 18.3 Å². The number of aromatic carboxylic acids is 1. The Morgan fingerprint density at radius 2 is 1.65 bits per heavy atom. The number of aryl methyl sites for hydroxylation is 1. The van der Waals surface area contributed by atoms with Gasteiger partial charge in [-0.05, 0) is 42.3 Å². The fraction of sp³-hybridized carbons (Fsp3) is 0.273. The Morgan fingerprint density at radius 3 is 2.15 bits per heavy atom. The van der Waals surface area contributed by atoms with E-state index in [4.69, 9.17) is 9.84 Å². The molecule has 3 N–H and O–H groups in total. The maximum atomic E-state index is 13.5. The van der Waals surface area contributed by atoms with Crippen LogP contribution in [0.2, 0.25) is 0 Å². The van der Waals surface area contributed by atoms with Gasteiger partial charge in [-0.1, -0.05) is 11.3 Å². The number of aromatic nitrogens is 3. The van der Waals surface area contributed by atoms with E-state index in [1.54, 1.807) is 11.6 Å². The number of anilines is 2. The van der Waals surface area contributed by atoms with Crippen molar-refractivity contribution in [2.24, 2.45) is 0 Å². The largest absolute Gasteiger partial charge is 0.492 e. The van der Waals surface area contributed by atoms with Crippen molar-refractivity contribution < 1.29 is 54.2 Å². The summed E-state index contributed by atoms with van der Waals surface area (Å²) in [4.78, 5) is 24.2. The molecule has 1 aromatic heterocycles. The van der Waals surface area contributed by atoms with Crippen LogP contribution >= 0.6 is 0 Å². The first kappa shape index (κ1) is 30.2. The van der Waals surface area contributed by atoms with Crippen LogP contribution in [0.15, 0.2) is 36.5 Å². The third-order valence-corrected chi connectivity index (χ3v) is 5.87. The Kier molecular flexibility index (Phi) is 8.05. The zero-order chi connectivity index (χ0) is 30.2. The number of alkyl halides is 6. The summed E-state index contributed by atoms with van der Waals surface area (Å²) < 4.78 is 112. The fourth-order valence-corrected chi connectivity index (χ4v) is 4.19. The zero-order valence-electron chi connectivity index (χ0n) is 20.5. The van der Waals surface area contributed by atoms with Gasteiger partial charge in [0.15, 0.2) is 17.4 Å². The number of ether oxygens (including phenoxy) is 1. The minimum Gasteiger partial charge on any atom is -0.492 e. The number of halogens is 6. The topological polar surface area (TPSA) is 153 Å². The van der Waals surface area contributed by atoms with Crippen LogP contribution in [-0.2, 0) is 10.0 Å². The number of amides is 1. The molecule has 216 valence electrons. The average Bonchev–Trinajstić information content (AvgIpc) is 3.27. The van der Waals surface area contributed by atoms with Crippen LogP contribution in [0.25, 0.3) is 5.69 Å². The molecule has 0 spiro atoms. The first-order valence-electron chi connectivity index (χ1n) is 10.7. The molecule has 0 atom stereocenters. The summed E-state index contributed by atoms with van der Waals surface area (Å²) in [7, 11) is -3.27. The summed E-state index contributed by atoms with van der Waals surface area (Å²) in [6.45, 7) is 1.59. The Labute approximate surface area is 221 Å². The molecule has 1 amide bonds. The van der Waals surface area contributed by atoms with Crippen LogP contribution in [0.4, 0.5) is 37.7 Å². The van der Waals surface area contributed by atoms with E-state index in [0.717, 1.165) is 18.0 Å². The van der Waals surface area contributed by atoms with Gasteiger partial charge in [-0.25, -0.2) is 17.9 Å². The first-order chi connectivity index (χ1) is 18.3. The molecule has 2 aromatic carbocycles. The summed E-state index contributed by atoms with van der Waals surface area (Å²) in [5, 5.41) is 18.3. The second kappa shape index (κ2) is 10.7. The van der Waals surface area contributed by atoms with Gasteiger partial charge in [-0.15, -0.1) is 5.10 Å². The summed E-state index contributed by atoms with van der Waals surface area (Å²) in [6, 6.07) is 4.59. The second-order valence-electron chi connectivity index (χ2n) is 8.35. The highest BCUT2D eigenvalue weighted by Gasteiger charge is 2.57. The fourth-order valence-electron chi connectivity index (χ4n) is 3.64. The molecular weight excluding hydrogens is 576 g/mol. The molecule has 40 heavy (non-hydrogen) atoms. The lowest BCUT2D eigenvalue weighted by molar-refractivity contribution is -0.253. The minimum absolute atomic E-state index is 0.179. The van der Waals surface area contributed by atoms with E-state index < -0.39 is 68.6 Å². The number of sulfonamides is 1. The van der Waals surface area contributed by atoms with Gasteiger partial charge in [0.05, 0.1) is 36.6 Å². The predicted molar refractivity (Wildman–Crippen MR) is 127 cm³/mol. The lowest BCUT2D eigenvalue weighted by atomic mass is 9.96. The molecular formula is C22H19F6N5O6S. The maximum absolute atomic E-state index is 13.5. The summed E-state index contributed by atoms with van der Waals surface area (Å²) in [5.74, 6) is -7.01. The van der Waals surface area contributed by atoms with Crippen molar-refractivity contribution in [2.45, 2.75) is 25.2 Å². The highest BCUT2D eigenvalue weighted by Crippen LogP contribution is 2.49. The van der Waals surface area contributed by atoms with E-state index in [0.29, 0.717) is 24.0 Å². The molecule has 18 heteroatoms. The third-order valence-electron chi connectivity index (χ3n) is 5.28. The average molecular weight is 595 g/mol. The van der Waals surface area contributed by atoms with Crippen LogP contribution in [0.5, 0.6) is 5.75 Å². The number of hydrogen-bond donors (Lipinski definition) is 3. The monoisotopic (exact) mass is 595 g/mol. The summed E-state index contributed by atoms with van der Waals surface area (Å²) in [5.41, 5.74) is -2.82. The van der Waals surface area contributed by atoms with Crippen molar-refractivity contribution in [3.05, 3.63) is 58.9 Å². The quantitative estimate of drug-likeness (QED) is 0.329. The molecule has 0 saturated carbocycles. The van der Waals surface area contributed by atoms with Gasteiger partial charge in [0, 0.05) is 5.56 Å². The molecule has 0 aliphatic rings. The number of nitrogens with one attached hydrogen (secondary N) is 2. The third kappa shape index (κ3) is 6.80. The Hall–Kier alpha value is -4.35. The van der Waals surface area contributed by atoms with Gasteiger partial charge in [0.2, 0.25) is 10.0 Å². The van der Waals surface area contributed by atoms with Crippen LogP contribution in [-0.4, -0.2) is 66.1 Å². The van der Waals surface area contributed by atoms with E-state index in [2.05, 4.69) is 15.6 Å². The normalized spacial score (nSPS) is 12.3. The van der Waals surface area contributed by atoms with E-state index in [-0.39, 0.29) is 11.3 Å². The van der Waals surface area contributed by atoms with E-state index in [1.165, 1.54) is 18.2 Å². The second-order valence-corrected chi connectivity index (χ2v) is 10.1. The molecule has 0 saturated heterocycles. The predicted octanol–water partition coefficient (Wildman–Crippen LogP) is 4.11. The van der Waals surface area contributed by atoms with Crippen LogP contribution in [0.3, 0.4) is 0 Å². The van der Waals surface area contributed by atoms with Gasteiger partial charge < -0.3 is 15.2 Å². The number of carboxylic acids is 1. The van der Waals surface area contributed by atoms with Gasteiger partial charge in [0.25, 0.3) is 5.91 Å². The van der Waals surface area contributed by atoms with Gasteiger partial charge in [0.1, 0.15) is 0 Å². The zero-order valence-corrected chi connectivity index (χ0v) is 21.4. The number of nitrogens with zero attached hydrogens (tertiary/aromatic N) is 3. The number of benzene rings is 2. The van der Waals surface area contributed by atoms with E-state index >= 15 is 0 Å². The van der Waals surface area contributed by atoms with Crippen LogP contribution < -0.4 is 14.8 Å². The van der Waals surface area contributed by atoms with Crippen molar-refractivity contribution in [3.63, 3.8) is 0 Å². The van der Waals surface area contributed by atoms with Crippen molar-refractivity contribution >= 4 is 33.3 Å². The van der Waals surface area contributed by atoms with Crippen molar-refractivity contribution in [1.29, 1.82) is 0 Å². The number of carboxylic acid groups (broad SMARTS) is 1. The van der Waals surface area contributed by atoms with Crippen molar-refractivity contribution in [2.75, 3.05) is 23.4 Å². The van der Waals surface area contributed by atoms with Gasteiger partial charge in [-0.2, -0.15) is 26.3 Å². The lowest BCUT2D eigenvalue weighted by Gasteiger charge is -2.25. The summed E-state index contributed by atoms with van der Waals surface area (Å²) in [6.07, 6.45) is -9.99. The molecule has 0 unspecified atom stereocenters. The molecule has 3 rings (SSSR count). The number of carbonyl (C=O) groups is 2. The smallest absolute Gasteiger partial charge is 0.404 e. The maximum Gasteiger partial charge on any atom is 0.404 e. The van der Waals surface area contributed by atoms with Crippen LogP contribution in [0, 0.1) is 6.92 Å². The molecule has 0 aliphatic heterocycles. The number of hydrogen-bond acceptors (Lipinski definition) is 7. The molecule has 1 heterocycles. The highest BCUT2D eigenvalue weighted by molar-refractivity contribution is 7.92. The number of carbonyl (C=O) groups excluding carboxylic acids is 1. The van der Waals surface area contributed by atoms with Crippen molar-refractivity contribution in [3.8, 4) is 11.4 Å².